The number of carbonyl (C=O) groups excluding carboxylic acids is 1. The lowest BCUT2D eigenvalue weighted by atomic mass is 10.1. The molecule has 0 radical (unpaired) electrons. The lowest BCUT2D eigenvalue weighted by Gasteiger charge is -1.99. The summed E-state index contributed by atoms with van der Waals surface area (Å²) in [5.74, 6) is 0. The van der Waals surface area contributed by atoms with Gasteiger partial charge < -0.3 is 0 Å². The van der Waals surface area contributed by atoms with E-state index in [1.807, 2.05) is 20.8 Å². The van der Waals surface area contributed by atoms with E-state index in [4.69, 9.17) is 0 Å². The van der Waals surface area contributed by atoms with E-state index in [-0.39, 0.29) is 0 Å². The molecule has 0 rings (SSSR count). The third-order valence-corrected chi connectivity index (χ3v) is 1.28. The molecule has 0 spiro atoms. The summed E-state index contributed by atoms with van der Waals surface area (Å²) in [6.45, 7) is 9.53. The average Bonchev–Trinajstić information content (AvgIpc) is 1.81. The standard InChI is InChI=1S/C9H14O/c1-7(2)5-9(6-10)8(3)4/h6H,1,5H2,2-4H3. The minimum Gasteiger partial charge on any atom is -0.298 e. The van der Waals surface area contributed by atoms with E-state index >= 15 is 0 Å². The Morgan fingerprint density at radius 2 is 1.90 bits per heavy atom. The zero-order valence-corrected chi connectivity index (χ0v) is 6.90. The summed E-state index contributed by atoms with van der Waals surface area (Å²) in [6, 6.07) is 0. The second-order valence-electron chi connectivity index (χ2n) is 2.78. The van der Waals surface area contributed by atoms with Crippen molar-refractivity contribution in [1.82, 2.24) is 0 Å². The third-order valence-electron chi connectivity index (χ3n) is 1.28. The molecule has 0 saturated carbocycles. The zero-order chi connectivity index (χ0) is 8.15. The van der Waals surface area contributed by atoms with E-state index in [9.17, 15) is 4.79 Å². The molecule has 1 heteroatoms. The maximum atomic E-state index is 10.4. The van der Waals surface area contributed by atoms with Crippen molar-refractivity contribution in [1.29, 1.82) is 0 Å². The molecule has 0 atom stereocenters. The Morgan fingerprint density at radius 1 is 1.40 bits per heavy atom. The van der Waals surface area contributed by atoms with Gasteiger partial charge in [-0.2, -0.15) is 0 Å². The Balaban J connectivity index is 4.25. The van der Waals surface area contributed by atoms with Crippen LogP contribution in [0.4, 0.5) is 0 Å². The number of aldehydes is 1. The summed E-state index contributed by atoms with van der Waals surface area (Å²) in [5.41, 5.74) is 2.97. The molecule has 0 aliphatic carbocycles. The molecule has 0 aromatic rings. The Morgan fingerprint density at radius 3 is 2.00 bits per heavy atom. The van der Waals surface area contributed by atoms with Gasteiger partial charge in [-0.15, -0.1) is 0 Å². The van der Waals surface area contributed by atoms with Gasteiger partial charge >= 0.3 is 0 Å². The van der Waals surface area contributed by atoms with Crippen molar-refractivity contribution in [2.24, 2.45) is 0 Å². The summed E-state index contributed by atoms with van der Waals surface area (Å²) >= 11 is 0. The molecule has 0 aromatic heterocycles. The van der Waals surface area contributed by atoms with Gasteiger partial charge in [-0.05, 0) is 32.8 Å². The molecule has 1 nitrogen and oxygen atoms in total. The predicted molar refractivity (Wildman–Crippen MR) is 43.9 cm³/mol. The minimum atomic E-state index is 0.714. The average molecular weight is 138 g/mol. The lowest BCUT2D eigenvalue weighted by molar-refractivity contribution is -0.105. The highest BCUT2D eigenvalue weighted by Gasteiger charge is 1.96. The fraction of sp³-hybridized carbons (Fsp3) is 0.444. The molecule has 0 amide bonds. The number of hydrogen-bond acceptors (Lipinski definition) is 1. The Hall–Kier alpha value is -0.850. The van der Waals surface area contributed by atoms with Crippen LogP contribution in [0.1, 0.15) is 27.2 Å². The summed E-state index contributed by atoms with van der Waals surface area (Å²) < 4.78 is 0. The first-order chi connectivity index (χ1) is 4.57. The molecular formula is C9H14O. The molecule has 0 aliphatic heterocycles. The first-order valence-electron chi connectivity index (χ1n) is 3.34. The van der Waals surface area contributed by atoms with Crippen molar-refractivity contribution in [2.45, 2.75) is 27.2 Å². The van der Waals surface area contributed by atoms with Gasteiger partial charge in [0, 0.05) is 0 Å². The molecule has 0 unspecified atom stereocenters. The van der Waals surface area contributed by atoms with Crippen molar-refractivity contribution >= 4 is 6.29 Å². The van der Waals surface area contributed by atoms with Gasteiger partial charge in [-0.1, -0.05) is 17.7 Å². The van der Waals surface area contributed by atoms with Crippen LogP contribution in [0.2, 0.25) is 0 Å². The van der Waals surface area contributed by atoms with Crippen LogP contribution in [0.5, 0.6) is 0 Å². The molecular weight excluding hydrogens is 124 g/mol. The first-order valence-corrected chi connectivity index (χ1v) is 3.34. The molecule has 0 saturated heterocycles. The summed E-state index contributed by atoms with van der Waals surface area (Å²) in [7, 11) is 0. The van der Waals surface area contributed by atoms with Crippen molar-refractivity contribution < 1.29 is 4.79 Å². The Kier molecular flexibility index (Phi) is 3.70. The molecule has 0 aromatic carbocycles. The molecule has 56 valence electrons. The maximum Gasteiger partial charge on any atom is 0.146 e. The van der Waals surface area contributed by atoms with Gasteiger partial charge in [0.25, 0.3) is 0 Å². The van der Waals surface area contributed by atoms with E-state index in [1.165, 1.54) is 0 Å². The highest BCUT2D eigenvalue weighted by atomic mass is 16.1. The van der Waals surface area contributed by atoms with Crippen LogP contribution in [-0.2, 0) is 4.79 Å². The van der Waals surface area contributed by atoms with Gasteiger partial charge in [0.1, 0.15) is 6.29 Å². The number of rotatable bonds is 3. The van der Waals surface area contributed by atoms with E-state index < -0.39 is 0 Å². The summed E-state index contributed by atoms with van der Waals surface area (Å²) in [6.07, 6.45) is 1.62. The molecule has 10 heavy (non-hydrogen) atoms. The third kappa shape index (κ3) is 3.23. The number of hydrogen-bond donors (Lipinski definition) is 0. The van der Waals surface area contributed by atoms with Crippen molar-refractivity contribution in [3.05, 3.63) is 23.3 Å². The van der Waals surface area contributed by atoms with Crippen molar-refractivity contribution in [3.63, 3.8) is 0 Å². The summed E-state index contributed by atoms with van der Waals surface area (Å²) in [4.78, 5) is 10.4. The SMILES string of the molecule is C=C(C)CC(C=O)=C(C)C. The first kappa shape index (κ1) is 9.15. The van der Waals surface area contributed by atoms with Crippen LogP contribution in [-0.4, -0.2) is 6.29 Å². The van der Waals surface area contributed by atoms with Gasteiger partial charge in [0.15, 0.2) is 0 Å². The van der Waals surface area contributed by atoms with Crippen LogP contribution in [0, 0.1) is 0 Å². The second kappa shape index (κ2) is 4.04. The fourth-order valence-electron chi connectivity index (χ4n) is 0.661. The zero-order valence-electron chi connectivity index (χ0n) is 6.90. The fourth-order valence-corrected chi connectivity index (χ4v) is 0.661. The molecule has 0 fully saturated rings. The van der Waals surface area contributed by atoms with Crippen LogP contribution in [0.25, 0.3) is 0 Å². The number of carbonyl (C=O) groups is 1. The normalized spacial score (nSPS) is 8.70. The minimum absolute atomic E-state index is 0.714. The van der Waals surface area contributed by atoms with E-state index in [0.717, 1.165) is 23.0 Å². The van der Waals surface area contributed by atoms with Crippen LogP contribution >= 0.6 is 0 Å². The molecule has 0 heterocycles. The smallest absolute Gasteiger partial charge is 0.146 e. The highest BCUT2D eigenvalue weighted by molar-refractivity contribution is 5.74. The van der Waals surface area contributed by atoms with Crippen LogP contribution in [0.15, 0.2) is 23.3 Å². The van der Waals surface area contributed by atoms with Crippen LogP contribution < -0.4 is 0 Å². The van der Waals surface area contributed by atoms with Crippen molar-refractivity contribution in [3.8, 4) is 0 Å². The monoisotopic (exact) mass is 138 g/mol. The largest absolute Gasteiger partial charge is 0.298 e. The van der Waals surface area contributed by atoms with Gasteiger partial charge in [0.2, 0.25) is 0 Å². The highest BCUT2D eigenvalue weighted by Crippen LogP contribution is 2.10. The van der Waals surface area contributed by atoms with Crippen LogP contribution in [0.3, 0.4) is 0 Å². The second-order valence-corrected chi connectivity index (χ2v) is 2.78. The predicted octanol–water partition coefficient (Wildman–Crippen LogP) is 2.49. The Labute approximate surface area is 62.4 Å². The number of allylic oxidation sites excluding steroid dienone is 3. The van der Waals surface area contributed by atoms with Crippen molar-refractivity contribution in [2.75, 3.05) is 0 Å². The van der Waals surface area contributed by atoms with E-state index in [2.05, 4.69) is 6.58 Å². The maximum absolute atomic E-state index is 10.4. The summed E-state index contributed by atoms with van der Waals surface area (Å²) in [5, 5.41) is 0. The molecule has 0 bridgehead atoms. The van der Waals surface area contributed by atoms with Gasteiger partial charge in [-0.25, -0.2) is 0 Å². The lowest BCUT2D eigenvalue weighted by Crippen LogP contribution is -1.88. The van der Waals surface area contributed by atoms with E-state index in [0.29, 0.717) is 6.42 Å². The van der Waals surface area contributed by atoms with Gasteiger partial charge in [0.05, 0.1) is 0 Å². The Bertz CT molecular complexity index is 171. The van der Waals surface area contributed by atoms with E-state index in [1.54, 1.807) is 0 Å². The van der Waals surface area contributed by atoms with Gasteiger partial charge in [-0.3, -0.25) is 4.79 Å². The quantitative estimate of drug-likeness (QED) is 0.332. The topological polar surface area (TPSA) is 17.1 Å². The molecule has 0 N–H and O–H groups in total. The molecule has 0 aliphatic rings.